The first-order valence-electron chi connectivity index (χ1n) is 13.0. The highest BCUT2D eigenvalue weighted by Crippen LogP contribution is 2.22. The quantitative estimate of drug-likeness (QED) is 0.244. The molecule has 0 saturated heterocycles. The van der Waals surface area contributed by atoms with Gasteiger partial charge in [-0.15, -0.1) is 0 Å². The number of hydrogen-bond donors (Lipinski definition) is 3. The van der Waals surface area contributed by atoms with Crippen molar-refractivity contribution in [2.24, 2.45) is 0 Å². The lowest BCUT2D eigenvalue weighted by Crippen LogP contribution is -2.47. The lowest BCUT2D eigenvalue weighted by Gasteiger charge is -2.28. The van der Waals surface area contributed by atoms with Gasteiger partial charge in [0.25, 0.3) is 5.91 Å². The second-order valence-corrected chi connectivity index (χ2v) is 9.45. The molecule has 0 aliphatic rings. The molecule has 1 unspecified atom stereocenters. The summed E-state index contributed by atoms with van der Waals surface area (Å²) in [7, 11) is 1.61. The number of nitrogens with one attached hydrogen (secondary N) is 2. The van der Waals surface area contributed by atoms with Crippen molar-refractivity contribution in [1.82, 2.24) is 15.2 Å². The molecule has 1 heterocycles. The third-order valence-electron chi connectivity index (χ3n) is 6.62. The maximum Gasteiger partial charge on any atom is 0.258 e. The van der Waals surface area contributed by atoms with E-state index < -0.39 is 0 Å². The Labute approximate surface area is 228 Å². The number of H-pyrrole nitrogens is 1. The number of benzene rings is 3. The van der Waals surface area contributed by atoms with Gasteiger partial charge < -0.3 is 29.8 Å². The van der Waals surface area contributed by atoms with Crippen LogP contribution >= 0.6 is 0 Å². The number of para-hydroxylation sites is 2. The van der Waals surface area contributed by atoms with Crippen LogP contribution in [0.15, 0.2) is 79.0 Å². The second-order valence-electron chi connectivity index (χ2n) is 9.45. The SMILES string of the molecule is COc1ccccc1CN(CC(Cc1c[nH]c2ccccc12)NC(=O)COc1cccc(CCO)c1)C(C)=O. The molecule has 8 nitrogen and oxygen atoms in total. The minimum absolute atomic E-state index is 0.0426. The highest BCUT2D eigenvalue weighted by Gasteiger charge is 2.22. The van der Waals surface area contributed by atoms with Gasteiger partial charge in [-0.25, -0.2) is 0 Å². The topological polar surface area (TPSA) is 104 Å². The molecule has 1 atom stereocenters. The van der Waals surface area contributed by atoms with Crippen molar-refractivity contribution >= 4 is 22.7 Å². The second kappa shape index (κ2) is 13.5. The number of aliphatic hydroxyl groups excluding tert-OH is 1. The normalized spacial score (nSPS) is 11.7. The van der Waals surface area contributed by atoms with Crippen molar-refractivity contribution in [3.63, 3.8) is 0 Å². The number of carbonyl (C=O) groups is 2. The number of carbonyl (C=O) groups excluding carboxylic acids is 2. The van der Waals surface area contributed by atoms with Crippen molar-refractivity contribution in [1.29, 1.82) is 0 Å². The molecular weight excluding hydrogens is 494 g/mol. The van der Waals surface area contributed by atoms with Gasteiger partial charge in [-0.05, 0) is 48.2 Å². The molecule has 0 fully saturated rings. The van der Waals surface area contributed by atoms with E-state index in [1.165, 1.54) is 6.92 Å². The average molecular weight is 530 g/mol. The predicted molar refractivity (Wildman–Crippen MR) is 151 cm³/mol. The smallest absolute Gasteiger partial charge is 0.258 e. The molecule has 0 bridgehead atoms. The fraction of sp³-hybridized carbons (Fsp3) is 0.290. The van der Waals surface area contributed by atoms with Crippen molar-refractivity contribution < 1.29 is 24.2 Å². The number of amides is 2. The summed E-state index contributed by atoms with van der Waals surface area (Å²) in [6.07, 6.45) is 2.99. The third kappa shape index (κ3) is 7.61. The lowest BCUT2D eigenvalue weighted by molar-refractivity contribution is -0.131. The molecule has 4 aromatic rings. The first kappa shape index (κ1) is 27.7. The minimum Gasteiger partial charge on any atom is -0.496 e. The zero-order valence-electron chi connectivity index (χ0n) is 22.4. The van der Waals surface area contributed by atoms with Crippen LogP contribution in [0.1, 0.15) is 23.6 Å². The van der Waals surface area contributed by atoms with E-state index in [4.69, 9.17) is 9.47 Å². The summed E-state index contributed by atoms with van der Waals surface area (Å²) >= 11 is 0. The molecule has 4 rings (SSSR count). The zero-order valence-corrected chi connectivity index (χ0v) is 22.4. The van der Waals surface area contributed by atoms with Crippen LogP contribution in [0, 0.1) is 0 Å². The first-order valence-corrected chi connectivity index (χ1v) is 13.0. The van der Waals surface area contributed by atoms with E-state index >= 15 is 0 Å². The number of nitrogens with zero attached hydrogens (tertiary/aromatic N) is 1. The molecule has 8 heteroatoms. The van der Waals surface area contributed by atoms with Gasteiger partial charge in [0.2, 0.25) is 5.91 Å². The number of methoxy groups -OCH3 is 1. The summed E-state index contributed by atoms with van der Waals surface area (Å²) in [5.74, 6) is 0.882. The fourth-order valence-electron chi connectivity index (χ4n) is 4.67. The number of aliphatic hydroxyl groups is 1. The van der Waals surface area contributed by atoms with E-state index in [0.29, 0.717) is 37.4 Å². The minimum atomic E-state index is -0.361. The molecule has 3 N–H and O–H groups in total. The summed E-state index contributed by atoms with van der Waals surface area (Å²) < 4.78 is 11.2. The van der Waals surface area contributed by atoms with Gasteiger partial charge in [0, 0.05) is 49.3 Å². The summed E-state index contributed by atoms with van der Waals surface area (Å²) in [5, 5.41) is 13.4. The van der Waals surface area contributed by atoms with Crippen molar-refractivity contribution in [3.05, 3.63) is 95.7 Å². The van der Waals surface area contributed by atoms with Crippen molar-refractivity contribution in [2.45, 2.75) is 32.4 Å². The van der Waals surface area contributed by atoms with Gasteiger partial charge >= 0.3 is 0 Å². The molecule has 0 aliphatic heterocycles. The Morgan fingerprint density at radius 3 is 2.62 bits per heavy atom. The van der Waals surface area contributed by atoms with Crippen LogP contribution < -0.4 is 14.8 Å². The fourth-order valence-corrected chi connectivity index (χ4v) is 4.67. The third-order valence-corrected chi connectivity index (χ3v) is 6.62. The number of aromatic nitrogens is 1. The molecule has 3 aromatic carbocycles. The molecule has 2 amide bonds. The maximum absolute atomic E-state index is 13.0. The lowest BCUT2D eigenvalue weighted by atomic mass is 10.0. The predicted octanol–water partition coefficient (Wildman–Crippen LogP) is 3.87. The van der Waals surface area contributed by atoms with E-state index in [1.807, 2.05) is 72.9 Å². The monoisotopic (exact) mass is 529 g/mol. The summed E-state index contributed by atoms with van der Waals surface area (Å²) in [4.78, 5) is 30.7. The number of fused-ring (bicyclic) bond motifs is 1. The molecule has 1 aromatic heterocycles. The largest absolute Gasteiger partial charge is 0.496 e. The molecule has 204 valence electrons. The van der Waals surface area contributed by atoms with Gasteiger partial charge in [-0.3, -0.25) is 9.59 Å². The van der Waals surface area contributed by atoms with E-state index in [1.54, 1.807) is 18.1 Å². The van der Waals surface area contributed by atoms with E-state index in [-0.39, 0.29) is 31.1 Å². The Morgan fingerprint density at radius 2 is 1.82 bits per heavy atom. The maximum atomic E-state index is 13.0. The molecule has 39 heavy (non-hydrogen) atoms. The highest BCUT2D eigenvalue weighted by atomic mass is 16.5. The van der Waals surface area contributed by atoms with Crippen LogP contribution in [0.2, 0.25) is 0 Å². The first-order chi connectivity index (χ1) is 19.0. The molecule has 0 aliphatic carbocycles. The van der Waals surface area contributed by atoms with Crippen molar-refractivity contribution in [3.8, 4) is 11.5 Å². The van der Waals surface area contributed by atoms with E-state index in [9.17, 15) is 14.7 Å². The van der Waals surface area contributed by atoms with Gasteiger partial charge in [0.05, 0.1) is 13.2 Å². The number of ether oxygens (including phenoxy) is 2. The average Bonchev–Trinajstić information content (AvgIpc) is 3.35. The van der Waals surface area contributed by atoms with Gasteiger partial charge in [-0.1, -0.05) is 48.5 Å². The molecule has 0 radical (unpaired) electrons. The Hall–Kier alpha value is -4.30. The number of aromatic amines is 1. The van der Waals surface area contributed by atoms with E-state index in [2.05, 4.69) is 10.3 Å². The van der Waals surface area contributed by atoms with Crippen LogP contribution in [-0.2, 0) is 29.0 Å². The molecular formula is C31H35N3O5. The summed E-state index contributed by atoms with van der Waals surface area (Å²) in [6, 6.07) is 22.6. The zero-order chi connectivity index (χ0) is 27.6. The van der Waals surface area contributed by atoms with Crippen LogP contribution in [-0.4, -0.2) is 59.7 Å². The van der Waals surface area contributed by atoms with Crippen LogP contribution in [0.4, 0.5) is 0 Å². The van der Waals surface area contributed by atoms with Gasteiger partial charge in [0.1, 0.15) is 11.5 Å². The highest BCUT2D eigenvalue weighted by molar-refractivity contribution is 5.83. The van der Waals surface area contributed by atoms with E-state index in [0.717, 1.165) is 27.6 Å². The van der Waals surface area contributed by atoms with Crippen LogP contribution in [0.3, 0.4) is 0 Å². The number of hydrogen-bond acceptors (Lipinski definition) is 5. The standard InChI is InChI=1S/C31H35N3O5/c1-22(36)34(19-24-9-3-6-13-30(24)38-2)20-26(17-25-18-32-29-12-5-4-11-28(25)29)33-31(37)21-39-27-10-7-8-23(16-27)14-15-35/h3-13,16,18,26,32,35H,14-15,17,19-21H2,1-2H3,(H,33,37). The Kier molecular flexibility index (Phi) is 9.58. The Morgan fingerprint density at radius 1 is 1.03 bits per heavy atom. The summed E-state index contributed by atoms with van der Waals surface area (Å²) in [6.45, 7) is 2.07. The summed E-state index contributed by atoms with van der Waals surface area (Å²) in [5.41, 5.74) is 3.88. The van der Waals surface area contributed by atoms with Gasteiger partial charge in [-0.2, -0.15) is 0 Å². The Balaban J connectivity index is 1.50. The van der Waals surface area contributed by atoms with Gasteiger partial charge in [0.15, 0.2) is 6.61 Å². The number of rotatable bonds is 13. The van der Waals surface area contributed by atoms with Crippen LogP contribution in [0.25, 0.3) is 10.9 Å². The van der Waals surface area contributed by atoms with Crippen molar-refractivity contribution in [2.75, 3.05) is 26.9 Å². The molecule has 0 spiro atoms. The Bertz CT molecular complexity index is 1400. The molecule has 0 saturated carbocycles. The van der Waals surface area contributed by atoms with Crippen LogP contribution in [0.5, 0.6) is 11.5 Å².